The van der Waals surface area contributed by atoms with Crippen LogP contribution in [0.2, 0.25) is 0 Å². The largest absolute Gasteiger partial charge is 0.464 e. The molecular weight excluding hydrogens is 294 g/mol. The van der Waals surface area contributed by atoms with Crippen molar-refractivity contribution in [1.82, 2.24) is 5.32 Å². The molecule has 0 bridgehead atoms. The van der Waals surface area contributed by atoms with Crippen molar-refractivity contribution in [1.29, 1.82) is 0 Å². The van der Waals surface area contributed by atoms with Gasteiger partial charge >= 0.3 is 12.1 Å². The maximum Gasteiger partial charge on any atom is 0.412 e. The van der Waals surface area contributed by atoms with Gasteiger partial charge in [-0.2, -0.15) is 0 Å². The number of benzene rings is 1. The number of nitrogens with one attached hydrogen (secondary N) is 1. The quantitative estimate of drug-likeness (QED) is 0.666. The molecule has 1 aromatic rings. The van der Waals surface area contributed by atoms with Crippen LogP contribution in [0.1, 0.15) is 37.7 Å². The molecule has 1 N–H and O–H groups in total. The van der Waals surface area contributed by atoms with Gasteiger partial charge in [-0.25, -0.2) is 9.59 Å². The van der Waals surface area contributed by atoms with Gasteiger partial charge in [0.05, 0.1) is 7.11 Å². The maximum absolute atomic E-state index is 11.9. The summed E-state index contributed by atoms with van der Waals surface area (Å²) in [4.78, 5) is 23.7. The molecule has 1 aromatic carbocycles. The number of carbonyl (C=O) groups excluding carboxylic acids is 2. The molecule has 23 heavy (non-hydrogen) atoms. The minimum Gasteiger partial charge on any atom is -0.464 e. The van der Waals surface area contributed by atoms with E-state index < -0.39 is 12.1 Å². The predicted octanol–water partition coefficient (Wildman–Crippen LogP) is 3.55. The van der Waals surface area contributed by atoms with Crippen molar-refractivity contribution in [3.05, 3.63) is 47.7 Å². The lowest BCUT2D eigenvalue weighted by Gasteiger charge is -2.19. The Kier molecular flexibility index (Phi) is 6.66. The van der Waals surface area contributed by atoms with E-state index in [0.29, 0.717) is 5.92 Å². The number of hydrogen-bond acceptors (Lipinski definition) is 4. The second-order valence-electron chi connectivity index (χ2n) is 5.66. The van der Waals surface area contributed by atoms with Crippen LogP contribution in [0.5, 0.6) is 0 Å². The molecule has 2 rings (SSSR count). The third-order valence-electron chi connectivity index (χ3n) is 3.91. The molecule has 0 aromatic heterocycles. The molecule has 1 fully saturated rings. The molecule has 0 aliphatic heterocycles. The summed E-state index contributed by atoms with van der Waals surface area (Å²) < 4.78 is 9.88. The van der Waals surface area contributed by atoms with Gasteiger partial charge in [0.25, 0.3) is 0 Å². The lowest BCUT2D eigenvalue weighted by atomic mass is 9.88. The van der Waals surface area contributed by atoms with Gasteiger partial charge in [-0.15, -0.1) is 0 Å². The van der Waals surface area contributed by atoms with Gasteiger partial charge in [-0.3, -0.25) is 5.32 Å². The van der Waals surface area contributed by atoms with Crippen LogP contribution >= 0.6 is 0 Å². The molecule has 0 radical (unpaired) electrons. The average Bonchev–Trinajstić information content (AvgIpc) is 2.60. The van der Waals surface area contributed by atoms with Crippen molar-refractivity contribution < 1.29 is 19.1 Å². The summed E-state index contributed by atoms with van der Waals surface area (Å²) in [5, 5.41) is 2.51. The van der Waals surface area contributed by atoms with E-state index in [1.54, 1.807) is 6.08 Å². The fourth-order valence-electron chi connectivity index (χ4n) is 2.68. The Morgan fingerprint density at radius 3 is 2.52 bits per heavy atom. The van der Waals surface area contributed by atoms with Crippen LogP contribution in [0.25, 0.3) is 0 Å². The first-order valence-electron chi connectivity index (χ1n) is 7.97. The normalized spacial score (nSPS) is 15.8. The Hall–Kier alpha value is -2.30. The summed E-state index contributed by atoms with van der Waals surface area (Å²) in [7, 11) is 1.30. The zero-order chi connectivity index (χ0) is 16.5. The summed E-state index contributed by atoms with van der Waals surface area (Å²) in [5.41, 5.74) is 1.05. The molecule has 0 heterocycles. The van der Waals surface area contributed by atoms with E-state index in [-0.39, 0.29) is 12.3 Å². The van der Waals surface area contributed by atoms with Crippen LogP contribution in [-0.2, 0) is 20.9 Å². The van der Waals surface area contributed by atoms with E-state index in [1.165, 1.54) is 13.5 Å². The van der Waals surface area contributed by atoms with Crippen molar-refractivity contribution in [2.24, 2.45) is 5.92 Å². The molecule has 0 saturated heterocycles. The second-order valence-corrected chi connectivity index (χ2v) is 5.66. The highest BCUT2D eigenvalue weighted by Gasteiger charge is 2.18. The number of methoxy groups -OCH3 is 1. The molecule has 0 spiro atoms. The summed E-state index contributed by atoms with van der Waals surface area (Å²) >= 11 is 0. The summed E-state index contributed by atoms with van der Waals surface area (Å²) in [6.07, 6.45) is 6.73. The van der Waals surface area contributed by atoms with E-state index in [0.717, 1.165) is 31.2 Å². The van der Waals surface area contributed by atoms with Crippen molar-refractivity contribution in [3.63, 3.8) is 0 Å². The smallest absolute Gasteiger partial charge is 0.412 e. The summed E-state index contributed by atoms with van der Waals surface area (Å²) in [6.45, 7) is 0.157. The van der Waals surface area contributed by atoms with Crippen molar-refractivity contribution in [3.8, 4) is 0 Å². The maximum atomic E-state index is 11.9. The Morgan fingerprint density at radius 2 is 1.87 bits per heavy atom. The summed E-state index contributed by atoms with van der Waals surface area (Å²) in [6, 6.07) is 9.38. The van der Waals surface area contributed by atoms with Gasteiger partial charge in [0.15, 0.2) is 0 Å². The highest BCUT2D eigenvalue weighted by Crippen LogP contribution is 2.25. The average molecular weight is 317 g/mol. The van der Waals surface area contributed by atoms with Gasteiger partial charge in [0.2, 0.25) is 0 Å². The number of esters is 1. The Bertz CT molecular complexity index is 547. The van der Waals surface area contributed by atoms with Crippen LogP contribution in [0.4, 0.5) is 4.79 Å². The lowest BCUT2D eigenvalue weighted by molar-refractivity contribution is -0.136. The molecular formula is C18H23NO4. The van der Waals surface area contributed by atoms with Crippen molar-refractivity contribution >= 4 is 12.1 Å². The van der Waals surface area contributed by atoms with E-state index >= 15 is 0 Å². The van der Waals surface area contributed by atoms with Gasteiger partial charge in [-0.1, -0.05) is 55.7 Å². The molecule has 5 nitrogen and oxygen atoms in total. The molecule has 5 heteroatoms. The van der Waals surface area contributed by atoms with Gasteiger partial charge in [-0.05, 0) is 24.3 Å². The van der Waals surface area contributed by atoms with E-state index in [1.807, 2.05) is 30.3 Å². The van der Waals surface area contributed by atoms with Gasteiger partial charge in [0.1, 0.15) is 12.3 Å². The highest BCUT2D eigenvalue weighted by atomic mass is 16.6. The number of ether oxygens (including phenoxy) is 2. The third kappa shape index (κ3) is 5.77. The zero-order valence-corrected chi connectivity index (χ0v) is 13.4. The topological polar surface area (TPSA) is 64.6 Å². The number of alkyl carbamates (subject to hydrolysis) is 1. The number of carbonyl (C=O) groups is 2. The SMILES string of the molecule is COC(=O)/C(=C/C1CCCCC1)NC(=O)OCc1ccccc1. The standard InChI is InChI=1S/C18H23NO4/c1-22-17(20)16(12-14-8-4-2-5-9-14)19-18(21)23-13-15-10-6-3-7-11-15/h3,6-7,10-12,14H,2,4-5,8-9,13H2,1H3,(H,19,21)/b16-12-. The fraction of sp³-hybridized carbons (Fsp3) is 0.444. The van der Waals surface area contributed by atoms with Crippen LogP contribution in [-0.4, -0.2) is 19.2 Å². The highest BCUT2D eigenvalue weighted by molar-refractivity contribution is 5.92. The van der Waals surface area contributed by atoms with Crippen molar-refractivity contribution in [2.75, 3.05) is 7.11 Å². The first kappa shape index (κ1) is 17.1. The van der Waals surface area contributed by atoms with E-state index in [4.69, 9.17) is 9.47 Å². The molecule has 0 unspecified atom stereocenters. The van der Waals surface area contributed by atoms with Crippen LogP contribution in [0, 0.1) is 5.92 Å². The number of amides is 1. The molecule has 1 amide bonds. The Labute approximate surface area is 136 Å². The first-order valence-corrected chi connectivity index (χ1v) is 7.97. The van der Waals surface area contributed by atoms with Gasteiger partial charge < -0.3 is 9.47 Å². The molecule has 1 aliphatic carbocycles. The second kappa shape index (κ2) is 8.98. The molecule has 0 atom stereocenters. The van der Waals surface area contributed by atoms with Crippen LogP contribution in [0.3, 0.4) is 0 Å². The third-order valence-corrected chi connectivity index (χ3v) is 3.91. The Balaban J connectivity index is 1.92. The van der Waals surface area contributed by atoms with Gasteiger partial charge in [0, 0.05) is 0 Å². The lowest BCUT2D eigenvalue weighted by Crippen LogP contribution is -2.29. The molecule has 1 saturated carbocycles. The van der Waals surface area contributed by atoms with Crippen molar-refractivity contribution in [2.45, 2.75) is 38.7 Å². The zero-order valence-electron chi connectivity index (χ0n) is 13.4. The number of allylic oxidation sites excluding steroid dienone is 1. The summed E-state index contributed by atoms with van der Waals surface area (Å²) in [5.74, 6) is -0.250. The fourth-order valence-corrected chi connectivity index (χ4v) is 2.68. The monoisotopic (exact) mass is 317 g/mol. The van der Waals surface area contributed by atoms with Crippen LogP contribution in [0.15, 0.2) is 42.1 Å². The minimum atomic E-state index is -0.652. The Morgan fingerprint density at radius 1 is 1.17 bits per heavy atom. The van der Waals surface area contributed by atoms with E-state index in [9.17, 15) is 9.59 Å². The molecule has 1 aliphatic rings. The van der Waals surface area contributed by atoms with E-state index in [2.05, 4.69) is 5.32 Å². The van der Waals surface area contributed by atoms with Crippen LogP contribution < -0.4 is 5.32 Å². The number of hydrogen-bond donors (Lipinski definition) is 1. The predicted molar refractivity (Wildman–Crippen MR) is 86.4 cm³/mol. The minimum absolute atomic E-state index is 0.157. The molecule has 124 valence electrons. The first-order chi connectivity index (χ1) is 11.2. The number of rotatable bonds is 5.